The van der Waals surface area contributed by atoms with Gasteiger partial charge < -0.3 is 4.90 Å². The molecule has 0 radical (unpaired) electrons. The molecule has 0 saturated carbocycles. The maximum Gasteiger partial charge on any atom is 0.0767 e. The minimum atomic E-state index is 0.788. The molecule has 0 N–H and O–H groups in total. The van der Waals surface area contributed by atoms with E-state index >= 15 is 0 Å². The van der Waals surface area contributed by atoms with Crippen LogP contribution in [-0.2, 0) is 19.5 Å². The summed E-state index contributed by atoms with van der Waals surface area (Å²) in [5.74, 6) is 0. The minimum Gasteiger partial charge on any atom is -0.301 e. The van der Waals surface area contributed by atoms with Crippen molar-refractivity contribution in [2.45, 2.75) is 45.3 Å². The van der Waals surface area contributed by atoms with E-state index in [0.717, 1.165) is 19.1 Å². The Kier molecular flexibility index (Phi) is 4.20. The van der Waals surface area contributed by atoms with Crippen molar-refractivity contribution in [1.82, 2.24) is 24.5 Å². The molecule has 0 aliphatic carbocycles. The van der Waals surface area contributed by atoms with Crippen molar-refractivity contribution in [3.05, 3.63) is 17.5 Å². The topological polar surface area (TPSA) is 27.5 Å². The lowest BCUT2D eigenvalue weighted by Gasteiger charge is -2.48. The van der Waals surface area contributed by atoms with Crippen molar-refractivity contribution in [1.29, 1.82) is 0 Å². The van der Waals surface area contributed by atoms with E-state index in [-0.39, 0.29) is 0 Å². The average molecular weight is 303 g/mol. The van der Waals surface area contributed by atoms with E-state index in [1.165, 1.54) is 76.5 Å². The first kappa shape index (κ1) is 14.7. The zero-order valence-corrected chi connectivity index (χ0v) is 13.9. The molecule has 2 fully saturated rings. The van der Waals surface area contributed by atoms with Crippen molar-refractivity contribution in [3.63, 3.8) is 0 Å². The number of likely N-dealkylation sites (tertiary alicyclic amines) is 1. The average Bonchev–Trinajstić information content (AvgIpc) is 2.93. The lowest BCUT2D eigenvalue weighted by molar-refractivity contribution is 0.00150. The van der Waals surface area contributed by atoms with Gasteiger partial charge in [-0.25, -0.2) is 0 Å². The van der Waals surface area contributed by atoms with Gasteiger partial charge in [0.1, 0.15) is 0 Å². The third-order valence-corrected chi connectivity index (χ3v) is 5.66. The summed E-state index contributed by atoms with van der Waals surface area (Å²) in [7, 11) is 0. The van der Waals surface area contributed by atoms with Crippen molar-refractivity contribution >= 4 is 0 Å². The van der Waals surface area contributed by atoms with Crippen LogP contribution in [0.4, 0.5) is 0 Å². The maximum atomic E-state index is 4.79. The summed E-state index contributed by atoms with van der Waals surface area (Å²) in [5.41, 5.74) is 2.74. The van der Waals surface area contributed by atoms with Gasteiger partial charge in [-0.15, -0.1) is 0 Å². The normalized spacial score (nSPS) is 25.1. The second-order valence-corrected chi connectivity index (χ2v) is 7.13. The highest BCUT2D eigenvalue weighted by Gasteiger charge is 2.33. The van der Waals surface area contributed by atoms with Crippen molar-refractivity contribution in [3.8, 4) is 0 Å². The molecule has 1 aromatic heterocycles. The number of aromatic nitrogens is 2. The molecule has 0 bridgehead atoms. The third kappa shape index (κ3) is 2.94. The molecule has 0 spiro atoms. The van der Waals surface area contributed by atoms with Gasteiger partial charge in [-0.3, -0.25) is 14.5 Å². The molecule has 0 amide bonds. The van der Waals surface area contributed by atoms with E-state index in [9.17, 15) is 0 Å². The summed E-state index contributed by atoms with van der Waals surface area (Å²) in [6.07, 6.45) is 3.85. The van der Waals surface area contributed by atoms with E-state index < -0.39 is 0 Å². The Labute approximate surface area is 133 Å². The van der Waals surface area contributed by atoms with E-state index in [0.29, 0.717) is 0 Å². The van der Waals surface area contributed by atoms with Crippen LogP contribution in [0.1, 0.15) is 31.2 Å². The zero-order chi connectivity index (χ0) is 14.9. The molecular formula is C17H29N5. The molecule has 4 heterocycles. The number of rotatable bonds is 4. The summed E-state index contributed by atoms with van der Waals surface area (Å²) >= 11 is 0. The highest BCUT2D eigenvalue weighted by Crippen LogP contribution is 2.21. The monoisotopic (exact) mass is 303 g/mol. The number of likely N-dealkylation sites (N-methyl/N-ethyl adjacent to an activating group) is 1. The first-order valence-corrected chi connectivity index (χ1v) is 9.06. The number of fused-ring (bicyclic) bond motifs is 1. The quantitative estimate of drug-likeness (QED) is 0.831. The molecule has 0 atom stereocenters. The summed E-state index contributed by atoms with van der Waals surface area (Å²) < 4.78 is 2.24. The van der Waals surface area contributed by atoms with Crippen LogP contribution in [0.5, 0.6) is 0 Å². The molecule has 122 valence electrons. The molecule has 4 rings (SSSR count). The van der Waals surface area contributed by atoms with Gasteiger partial charge in [0, 0.05) is 64.1 Å². The van der Waals surface area contributed by atoms with Gasteiger partial charge in [0.15, 0.2) is 0 Å². The van der Waals surface area contributed by atoms with Crippen LogP contribution in [0.15, 0.2) is 6.07 Å². The predicted molar refractivity (Wildman–Crippen MR) is 87.9 cm³/mol. The van der Waals surface area contributed by atoms with Gasteiger partial charge in [-0.1, -0.05) is 6.92 Å². The molecule has 3 aliphatic heterocycles. The molecule has 2 saturated heterocycles. The molecule has 5 heteroatoms. The number of aryl methyl sites for hydroxylation is 2. The van der Waals surface area contributed by atoms with E-state index in [4.69, 9.17) is 5.10 Å². The predicted octanol–water partition coefficient (Wildman–Crippen LogP) is 1.04. The van der Waals surface area contributed by atoms with Crippen LogP contribution in [-0.4, -0.2) is 76.3 Å². The van der Waals surface area contributed by atoms with Crippen LogP contribution >= 0.6 is 0 Å². The lowest BCUT2D eigenvalue weighted by Crippen LogP contribution is -2.62. The van der Waals surface area contributed by atoms with Gasteiger partial charge in [-0.05, 0) is 31.9 Å². The van der Waals surface area contributed by atoms with Gasteiger partial charge in [-0.2, -0.15) is 5.10 Å². The zero-order valence-electron chi connectivity index (χ0n) is 13.9. The molecule has 22 heavy (non-hydrogen) atoms. The smallest absolute Gasteiger partial charge is 0.0767 e. The van der Waals surface area contributed by atoms with Crippen molar-refractivity contribution < 1.29 is 0 Å². The fourth-order valence-electron chi connectivity index (χ4n) is 4.13. The summed E-state index contributed by atoms with van der Waals surface area (Å²) in [6.45, 7) is 13.1. The SMILES string of the molecule is CCN1CCN(C2CN(Cc3cc4n(n3)CCCC4)C2)CC1. The molecule has 0 unspecified atom stereocenters. The van der Waals surface area contributed by atoms with Crippen molar-refractivity contribution in [2.75, 3.05) is 45.8 Å². The minimum absolute atomic E-state index is 0.788. The Balaban J connectivity index is 1.25. The maximum absolute atomic E-state index is 4.79. The summed E-state index contributed by atoms with van der Waals surface area (Å²) in [4.78, 5) is 7.81. The van der Waals surface area contributed by atoms with Gasteiger partial charge >= 0.3 is 0 Å². The van der Waals surface area contributed by atoms with Crippen LogP contribution in [0.25, 0.3) is 0 Å². The van der Waals surface area contributed by atoms with Gasteiger partial charge in [0.05, 0.1) is 5.69 Å². The Bertz CT molecular complexity index is 474. The van der Waals surface area contributed by atoms with Crippen LogP contribution in [0.2, 0.25) is 0 Å². The van der Waals surface area contributed by atoms with Gasteiger partial charge in [0.2, 0.25) is 0 Å². The first-order valence-electron chi connectivity index (χ1n) is 9.06. The Morgan fingerprint density at radius 3 is 2.59 bits per heavy atom. The number of hydrogen-bond donors (Lipinski definition) is 0. The largest absolute Gasteiger partial charge is 0.301 e. The third-order valence-electron chi connectivity index (χ3n) is 5.66. The van der Waals surface area contributed by atoms with E-state index in [2.05, 4.69) is 32.4 Å². The van der Waals surface area contributed by atoms with E-state index in [1.54, 1.807) is 0 Å². The molecule has 0 aromatic carbocycles. The second kappa shape index (κ2) is 6.30. The Morgan fingerprint density at radius 1 is 1.05 bits per heavy atom. The van der Waals surface area contributed by atoms with Gasteiger partial charge in [0.25, 0.3) is 0 Å². The van der Waals surface area contributed by atoms with Crippen molar-refractivity contribution in [2.24, 2.45) is 0 Å². The van der Waals surface area contributed by atoms with E-state index in [1.807, 2.05) is 0 Å². The molecule has 5 nitrogen and oxygen atoms in total. The molecular weight excluding hydrogens is 274 g/mol. The highest BCUT2D eigenvalue weighted by atomic mass is 15.4. The fourth-order valence-corrected chi connectivity index (χ4v) is 4.13. The first-order chi connectivity index (χ1) is 10.8. The van der Waals surface area contributed by atoms with Crippen LogP contribution in [0, 0.1) is 0 Å². The highest BCUT2D eigenvalue weighted by molar-refractivity contribution is 5.12. The lowest BCUT2D eigenvalue weighted by atomic mass is 10.1. The summed E-state index contributed by atoms with van der Waals surface area (Å²) in [5, 5.41) is 4.79. The standard InChI is InChI=1S/C17H29N5/c1-2-19-7-9-21(10-8-19)17-13-20(14-17)12-15-11-16-5-3-4-6-22(16)18-15/h11,17H,2-10,12-14H2,1H3. The Hall–Kier alpha value is -0.910. The Morgan fingerprint density at radius 2 is 1.86 bits per heavy atom. The van der Waals surface area contributed by atoms with Crippen LogP contribution < -0.4 is 0 Å². The number of hydrogen-bond acceptors (Lipinski definition) is 4. The summed E-state index contributed by atoms with van der Waals surface area (Å²) in [6, 6.07) is 3.13. The number of nitrogens with zero attached hydrogens (tertiary/aromatic N) is 5. The fraction of sp³-hybridized carbons (Fsp3) is 0.824. The molecule has 3 aliphatic rings. The van der Waals surface area contributed by atoms with Crippen LogP contribution in [0.3, 0.4) is 0 Å². The second-order valence-electron chi connectivity index (χ2n) is 7.13. The molecule has 1 aromatic rings. The number of piperazine rings is 1.